The molecule has 0 heterocycles. The van der Waals surface area contributed by atoms with Crippen LogP contribution in [0.25, 0.3) is 0 Å². The topological polar surface area (TPSA) is 0 Å². The van der Waals surface area contributed by atoms with E-state index in [2.05, 4.69) is 32.0 Å². The SMILES string of the molecule is CCc1ccc(C(Cl)c2ccc(F)cc2)cc1CC. The first-order valence-corrected chi connectivity index (χ1v) is 7.10. The van der Waals surface area contributed by atoms with Crippen LogP contribution in [0.2, 0.25) is 0 Å². The number of hydrogen-bond donors (Lipinski definition) is 0. The van der Waals surface area contributed by atoms with Crippen molar-refractivity contribution >= 4 is 11.6 Å². The summed E-state index contributed by atoms with van der Waals surface area (Å²) in [5, 5.41) is -0.225. The van der Waals surface area contributed by atoms with Gasteiger partial charge < -0.3 is 0 Å². The smallest absolute Gasteiger partial charge is 0.123 e. The van der Waals surface area contributed by atoms with Gasteiger partial charge in [0.15, 0.2) is 0 Å². The molecule has 0 N–H and O–H groups in total. The van der Waals surface area contributed by atoms with Gasteiger partial charge in [0.05, 0.1) is 5.38 Å². The second kappa shape index (κ2) is 6.21. The summed E-state index contributed by atoms with van der Waals surface area (Å²) in [7, 11) is 0. The Morgan fingerprint density at radius 3 is 2.05 bits per heavy atom. The molecule has 2 aromatic carbocycles. The molecule has 2 aromatic rings. The second-order valence-corrected chi connectivity index (χ2v) is 5.09. The molecule has 1 atom stereocenters. The normalized spacial score (nSPS) is 12.4. The lowest BCUT2D eigenvalue weighted by molar-refractivity contribution is 0.627. The molecule has 0 radical (unpaired) electrons. The number of hydrogen-bond acceptors (Lipinski definition) is 0. The van der Waals surface area contributed by atoms with Gasteiger partial charge in [0, 0.05) is 0 Å². The zero-order chi connectivity index (χ0) is 13.8. The van der Waals surface area contributed by atoms with Gasteiger partial charge in [0.25, 0.3) is 0 Å². The van der Waals surface area contributed by atoms with Crippen molar-refractivity contribution in [2.24, 2.45) is 0 Å². The Bertz CT molecular complexity index is 546. The number of benzene rings is 2. The van der Waals surface area contributed by atoms with Crippen LogP contribution in [-0.4, -0.2) is 0 Å². The molecule has 0 fully saturated rings. The zero-order valence-electron chi connectivity index (χ0n) is 11.3. The van der Waals surface area contributed by atoms with Gasteiger partial charge in [-0.2, -0.15) is 0 Å². The Balaban J connectivity index is 2.33. The van der Waals surface area contributed by atoms with Crippen molar-refractivity contribution in [1.29, 1.82) is 0 Å². The molecule has 19 heavy (non-hydrogen) atoms. The van der Waals surface area contributed by atoms with Crippen LogP contribution < -0.4 is 0 Å². The third kappa shape index (κ3) is 3.16. The number of alkyl halides is 1. The van der Waals surface area contributed by atoms with Crippen LogP contribution >= 0.6 is 11.6 Å². The van der Waals surface area contributed by atoms with E-state index >= 15 is 0 Å². The van der Waals surface area contributed by atoms with E-state index in [0.29, 0.717) is 0 Å². The second-order valence-electron chi connectivity index (χ2n) is 4.65. The Labute approximate surface area is 119 Å². The van der Waals surface area contributed by atoms with Crippen molar-refractivity contribution in [3.63, 3.8) is 0 Å². The van der Waals surface area contributed by atoms with Crippen LogP contribution in [0.3, 0.4) is 0 Å². The summed E-state index contributed by atoms with van der Waals surface area (Å²) in [6.07, 6.45) is 2.04. The van der Waals surface area contributed by atoms with E-state index < -0.39 is 0 Å². The van der Waals surface area contributed by atoms with Gasteiger partial charge in [0.1, 0.15) is 5.82 Å². The predicted octanol–water partition coefficient (Wildman–Crippen LogP) is 5.28. The van der Waals surface area contributed by atoms with Crippen molar-refractivity contribution < 1.29 is 4.39 Å². The minimum absolute atomic E-state index is 0.225. The molecule has 100 valence electrons. The van der Waals surface area contributed by atoms with Crippen LogP contribution in [0.5, 0.6) is 0 Å². The molecule has 2 rings (SSSR count). The van der Waals surface area contributed by atoms with Gasteiger partial charge in [-0.1, -0.05) is 44.2 Å². The van der Waals surface area contributed by atoms with Crippen LogP contribution in [0.15, 0.2) is 42.5 Å². The van der Waals surface area contributed by atoms with E-state index in [1.807, 2.05) is 0 Å². The first-order chi connectivity index (χ1) is 9.15. The largest absolute Gasteiger partial charge is 0.207 e. The average molecular weight is 277 g/mol. The molecule has 2 heteroatoms. The highest BCUT2D eigenvalue weighted by Crippen LogP contribution is 2.30. The molecular formula is C17H18ClF. The number of rotatable bonds is 4. The fourth-order valence-electron chi connectivity index (χ4n) is 2.30. The first-order valence-electron chi connectivity index (χ1n) is 6.67. The Morgan fingerprint density at radius 1 is 0.895 bits per heavy atom. The molecule has 0 amide bonds. The monoisotopic (exact) mass is 276 g/mol. The average Bonchev–Trinajstić information content (AvgIpc) is 2.46. The van der Waals surface area contributed by atoms with Gasteiger partial charge in [-0.3, -0.25) is 0 Å². The number of halogens is 2. The molecule has 0 spiro atoms. The fraction of sp³-hybridized carbons (Fsp3) is 0.294. The summed E-state index contributed by atoms with van der Waals surface area (Å²) in [5.74, 6) is -0.233. The molecule has 0 aliphatic carbocycles. The van der Waals surface area contributed by atoms with Crippen molar-refractivity contribution in [2.45, 2.75) is 32.1 Å². The van der Waals surface area contributed by atoms with Crippen LogP contribution in [0.1, 0.15) is 41.5 Å². The summed E-state index contributed by atoms with van der Waals surface area (Å²) in [5.41, 5.74) is 4.71. The van der Waals surface area contributed by atoms with Gasteiger partial charge in [-0.25, -0.2) is 4.39 Å². The van der Waals surface area contributed by atoms with E-state index in [1.54, 1.807) is 12.1 Å². The molecule has 0 saturated carbocycles. The van der Waals surface area contributed by atoms with Crippen molar-refractivity contribution in [3.05, 3.63) is 70.5 Å². The highest BCUT2D eigenvalue weighted by Gasteiger charge is 2.12. The fourth-order valence-corrected chi connectivity index (χ4v) is 2.58. The highest BCUT2D eigenvalue weighted by atomic mass is 35.5. The van der Waals surface area contributed by atoms with Gasteiger partial charge in [-0.05, 0) is 47.2 Å². The van der Waals surface area contributed by atoms with Crippen molar-refractivity contribution in [3.8, 4) is 0 Å². The molecule has 0 aromatic heterocycles. The summed E-state index contributed by atoms with van der Waals surface area (Å²) < 4.78 is 12.9. The summed E-state index contributed by atoms with van der Waals surface area (Å²) in [6.45, 7) is 4.31. The minimum Gasteiger partial charge on any atom is -0.207 e. The van der Waals surface area contributed by atoms with Crippen molar-refractivity contribution in [1.82, 2.24) is 0 Å². The van der Waals surface area contributed by atoms with Crippen LogP contribution in [0.4, 0.5) is 4.39 Å². The maximum absolute atomic E-state index is 12.9. The Hall–Kier alpha value is -1.34. The van der Waals surface area contributed by atoms with E-state index in [1.165, 1.54) is 23.3 Å². The molecule has 0 nitrogen and oxygen atoms in total. The lowest BCUT2D eigenvalue weighted by Crippen LogP contribution is -1.98. The first kappa shape index (κ1) is 14.1. The summed E-state index contributed by atoms with van der Waals surface area (Å²) in [4.78, 5) is 0. The van der Waals surface area contributed by atoms with E-state index in [9.17, 15) is 4.39 Å². The predicted molar refractivity (Wildman–Crippen MR) is 79.3 cm³/mol. The Kier molecular flexibility index (Phi) is 4.60. The van der Waals surface area contributed by atoms with Crippen molar-refractivity contribution in [2.75, 3.05) is 0 Å². The zero-order valence-corrected chi connectivity index (χ0v) is 12.0. The van der Waals surface area contributed by atoms with Gasteiger partial charge in [0.2, 0.25) is 0 Å². The highest BCUT2D eigenvalue weighted by molar-refractivity contribution is 6.22. The lowest BCUT2D eigenvalue weighted by atomic mass is 9.96. The molecule has 1 unspecified atom stereocenters. The van der Waals surface area contributed by atoms with Crippen LogP contribution in [0, 0.1) is 5.82 Å². The standard InChI is InChI=1S/C17H18ClF/c1-3-12-5-6-15(11-13(12)4-2)17(18)14-7-9-16(19)10-8-14/h5-11,17H,3-4H2,1-2H3. The minimum atomic E-state index is -0.233. The third-order valence-corrected chi connectivity index (χ3v) is 3.95. The van der Waals surface area contributed by atoms with Crippen LogP contribution in [-0.2, 0) is 12.8 Å². The third-order valence-electron chi connectivity index (χ3n) is 3.45. The van der Waals surface area contributed by atoms with Gasteiger partial charge >= 0.3 is 0 Å². The lowest BCUT2D eigenvalue weighted by Gasteiger charge is -2.14. The molecule has 0 aliphatic rings. The molecular weight excluding hydrogens is 259 g/mol. The molecule has 0 aliphatic heterocycles. The number of aryl methyl sites for hydroxylation is 2. The quantitative estimate of drug-likeness (QED) is 0.667. The maximum Gasteiger partial charge on any atom is 0.123 e. The summed E-state index contributed by atoms with van der Waals surface area (Å²) >= 11 is 6.49. The summed E-state index contributed by atoms with van der Waals surface area (Å²) in [6, 6.07) is 12.8. The Morgan fingerprint density at radius 2 is 1.47 bits per heavy atom. The molecule has 0 saturated heterocycles. The molecule has 0 bridgehead atoms. The van der Waals surface area contributed by atoms with E-state index in [-0.39, 0.29) is 11.2 Å². The van der Waals surface area contributed by atoms with E-state index in [4.69, 9.17) is 11.6 Å². The van der Waals surface area contributed by atoms with Gasteiger partial charge in [-0.15, -0.1) is 11.6 Å². The maximum atomic E-state index is 12.9. The van der Waals surface area contributed by atoms with E-state index in [0.717, 1.165) is 24.0 Å².